The molecule has 1 aliphatic rings. The average Bonchev–Trinajstić information content (AvgIpc) is 2.89. The smallest absolute Gasteiger partial charge is 0.227 e. The second kappa shape index (κ2) is 5.36. The molecule has 2 aromatic heterocycles. The van der Waals surface area contributed by atoms with Crippen molar-refractivity contribution < 1.29 is 0 Å². The van der Waals surface area contributed by atoms with Crippen LogP contribution in [0.5, 0.6) is 0 Å². The fourth-order valence-electron chi connectivity index (χ4n) is 2.35. The second-order valence-electron chi connectivity index (χ2n) is 4.94. The summed E-state index contributed by atoms with van der Waals surface area (Å²) in [5.41, 5.74) is 0.935. The third-order valence-electron chi connectivity index (χ3n) is 3.49. The van der Waals surface area contributed by atoms with Gasteiger partial charge in [-0.25, -0.2) is 9.97 Å². The molecule has 6 nitrogen and oxygen atoms in total. The van der Waals surface area contributed by atoms with Crippen molar-refractivity contribution in [1.82, 2.24) is 24.6 Å². The zero-order chi connectivity index (χ0) is 13.1. The summed E-state index contributed by atoms with van der Waals surface area (Å²) >= 11 is 0. The van der Waals surface area contributed by atoms with Gasteiger partial charge < -0.3 is 10.2 Å². The molecule has 19 heavy (non-hydrogen) atoms. The van der Waals surface area contributed by atoms with E-state index in [2.05, 4.69) is 37.0 Å². The molecule has 0 aliphatic carbocycles. The van der Waals surface area contributed by atoms with Gasteiger partial charge in [-0.05, 0) is 39.0 Å². The van der Waals surface area contributed by atoms with Crippen LogP contribution in [0.25, 0.3) is 0 Å². The summed E-state index contributed by atoms with van der Waals surface area (Å²) in [5, 5.41) is 7.60. The van der Waals surface area contributed by atoms with Gasteiger partial charge in [-0.2, -0.15) is 5.10 Å². The van der Waals surface area contributed by atoms with Gasteiger partial charge in [0, 0.05) is 18.6 Å². The number of hydrogen-bond acceptors (Lipinski definition) is 5. The van der Waals surface area contributed by atoms with Crippen molar-refractivity contribution in [3.8, 4) is 0 Å². The van der Waals surface area contributed by atoms with Crippen LogP contribution >= 0.6 is 0 Å². The van der Waals surface area contributed by atoms with Crippen molar-refractivity contribution in [3.63, 3.8) is 0 Å². The Morgan fingerprint density at radius 1 is 1.21 bits per heavy atom. The molecule has 0 atom stereocenters. The molecule has 6 heteroatoms. The van der Waals surface area contributed by atoms with Crippen LogP contribution in [0.15, 0.2) is 30.9 Å². The lowest BCUT2D eigenvalue weighted by atomic mass is 10.1. The number of aromatic nitrogens is 4. The standard InChI is InChI=1S/C13H18N6/c1-18-7-3-12(4-8-18)19-10-11(9-16-19)17-13-14-5-2-6-15-13/h2,5-6,9-10,12H,3-4,7-8H2,1H3,(H,14,15,17). The Labute approximate surface area is 112 Å². The maximum Gasteiger partial charge on any atom is 0.227 e. The van der Waals surface area contributed by atoms with Crippen LogP contribution in [-0.4, -0.2) is 44.8 Å². The molecule has 3 rings (SSSR count). The Balaban J connectivity index is 1.66. The molecular formula is C13H18N6. The van der Waals surface area contributed by atoms with E-state index in [4.69, 9.17) is 0 Å². The number of piperidine rings is 1. The monoisotopic (exact) mass is 258 g/mol. The Morgan fingerprint density at radius 3 is 2.68 bits per heavy atom. The molecule has 0 aromatic carbocycles. The first-order chi connectivity index (χ1) is 9.31. The van der Waals surface area contributed by atoms with Gasteiger partial charge in [0.15, 0.2) is 0 Å². The summed E-state index contributed by atoms with van der Waals surface area (Å²) in [6.07, 6.45) is 9.60. The first-order valence-electron chi connectivity index (χ1n) is 6.58. The molecule has 0 spiro atoms. The largest absolute Gasteiger partial charge is 0.321 e. The lowest BCUT2D eigenvalue weighted by molar-refractivity contribution is 0.212. The predicted octanol–water partition coefficient (Wildman–Crippen LogP) is 1.68. The zero-order valence-electron chi connectivity index (χ0n) is 11.0. The van der Waals surface area contributed by atoms with Crippen molar-refractivity contribution in [2.24, 2.45) is 0 Å². The van der Waals surface area contributed by atoms with Gasteiger partial charge >= 0.3 is 0 Å². The van der Waals surface area contributed by atoms with E-state index in [1.807, 2.05) is 12.4 Å². The lowest BCUT2D eigenvalue weighted by Gasteiger charge is -2.28. The maximum atomic E-state index is 4.44. The maximum absolute atomic E-state index is 4.44. The third-order valence-corrected chi connectivity index (χ3v) is 3.49. The summed E-state index contributed by atoms with van der Waals surface area (Å²) in [7, 11) is 2.17. The van der Waals surface area contributed by atoms with Gasteiger partial charge in [-0.3, -0.25) is 4.68 Å². The molecular weight excluding hydrogens is 240 g/mol. The van der Waals surface area contributed by atoms with Crippen LogP contribution in [-0.2, 0) is 0 Å². The fourth-order valence-corrected chi connectivity index (χ4v) is 2.35. The van der Waals surface area contributed by atoms with Crippen LogP contribution in [0.4, 0.5) is 11.6 Å². The number of hydrogen-bond donors (Lipinski definition) is 1. The SMILES string of the molecule is CN1CCC(n2cc(Nc3ncccn3)cn2)CC1. The quantitative estimate of drug-likeness (QED) is 0.907. The molecule has 1 saturated heterocycles. The van der Waals surface area contributed by atoms with Crippen LogP contribution in [0, 0.1) is 0 Å². The molecule has 0 unspecified atom stereocenters. The Morgan fingerprint density at radius 2 is 1.95 bits per heavy atom. The summed E-state index contributed by atoms with van der Waals surface area (Å²) in [6, 6.07) is 2.30. The van der Waals surface area contributed by atoms with E-state index >= 15 is 0 Å². The van der Waals surface area contributed by atoms with Gasteiger partial charge in [0.05, 0.1) is 17.9 Å². The highest BCUT2D eigenvalue weighted by atomic mass is 15.3. The number of nitrogens with one attached hydrogen (secondary N) is 1. The molecule has 1 aliphatic heterocycles. The van der Waals surface area contributed by atoms with E-state index in [9.17, 15) is 0 Å². The van der Waals surface area contributed by atoms with Crippen LogP contribution in [0.2, 0.25) is 0 Å². The minimum absolute atomic E-state index is 0.503. The van der Waals surface area contributed by atoms with Gasteiger partial charge in [-0.15, -0.1) is 0 Å². The van der Waals surface area contributed by atoms with Crippen LogP contribution in [0.3, 0.4) is 0 Å². The third kappa shape index (κ3) is 2.90. The summed E-state index contributed by atoms with van der Waals surface area (Å²) in [6.45, 7) is 2.27. The van der Waals surface area contributed by atoms with Crippen LogP contribution < -0.4 is 5.32 Å². The Bertz CT molecular complexity index is 515. The summed E-state index contributed by atoms with van der Waals surface area (Å²) in [4.78, 5) is 10.6. The highest BCUT2D eigenvalue weighted by Crippen LogP contribution is 2.22. The zero-order valence-corrected chi connectivity index (χ0v) is 11.0. The minimum atomic E-state index is 0.503. The van der Waals surface area contributed by atoms with Crippen molar-refractivity contribution >= 4 is 11.6 Å². The first-order valence-corrected chi connectivity index (χ1v) is 6.58. The van der Waals surface area contributed by atoms with Crippen LogP contribution in [0.1, 0.15) is 18.9 Å². The van der Waals surface area contributed by atoms with Gasteiger partial charge in [-0.1, -0.05) is 0 Å². The van der Waals surface area contributed by atoms with E-state index < -0.39 is 0 Å². The van der Waals surface area contributed by atoms with E-state index in [-0.39, 0.29) is 0 Å². The topological polar surface area (TPSA) is 58.9 Å². The fraction of sp³-hybridized carbons (Fsp3) is 0.462. The van der Waals surface area contributed by atoms with E-state index in [1.54, 1.807) is 18.5 Å². The Kier molecular flexibility index (Phi) is 3.41. The number of rotatable bonds is 3. The molecule has 0 amide bonds. The molecule has 100 valence electrons. The molecule has 0 saturated carbocycles. The number of nitrogens with zero attached hydrogens (tertiary/aromatic N) is 5. The molecule has 1 fully saturated rings. The van der Waals surface area contributed by atoms with E-state index in [1.165, 1.54) is 0 Å². The molecule has 2 aromatic rings. The molecule has 3 heterocycles. The van der Waals surface area contributed by atoms with Gasteiger partial charge in [0.25, 0.3) is 0 Å². The van der Waals surface area contributed by atoms with Gasteiger partial charge in [0.2, 0.25) is 5.95 Å². The second-order valence-corrected chi connectivity index (χ2v) is 4.94. The van der Waals surface area contributed by atoms with Gasteiger partial charge in [0.1, 0.15) is 0 Å². The van der Waals surface area contributed by atoms with E-state index in [0.29, 0.717) is 12.0 Å². The summed E-state index contributed by atoms with van der Waals surface area (Å²) < 4.78 is 2.05. The van der Waals surface area contributed by atoms with Crippen molar-refractivity contribution in [3.05, 3.63) is 30.9 Å². The van der Waals surface area contributed by atoms with Crippen molar-refractivity contribution in [2.45, 2.75) is 18.9 Å². The van der Waals surface area contributed by atoms with Crippen molar-refractivity contribution in [2.75, 3.05) is 25.5 Å². The Hall–Kier alpha value is -1.95. The highest BCUT2D eigenvalue weighted by Gasteiger charge is 2.18. The summed E-state index contributed by atoms with van der Waals surface area (Å²) in [5.74, 6) is 0.602. The predicted molar refractivity (Wildman–Crippen MR) is 73.3 cm³/mol. The van der Waals surface area contributed by atoms with Crippen molar-refractivity contribution in [1.29, 1.82) is 0 Å². The lowest BCUT2D eigenvalue weighted by Crippen LogP contribution is -2.31. The van der Waals surface area contributed by atoms with E-state index in [0.717, 1.165) is 31.6 Å². The molecule has 0 radical (unpaired) electrons. The first kappa shape index (κ1) is 12.1. The molecule has 0 bridgehead atoms. The molecule has 1 N–H and O–H groups in total. The minimum Gasteiger partial charge on any atom is -0.321 e. The number of anilines is 2. The average molecular weight is 258 g/mol. The highest BCUT2D eigenvalue weighted by molar-refractivity contribution is 5.49. The normalized spacial score (nSPS) is 17.5. The number of likely N-dealkylation sites (tertiary alicyclic amines) is 1.